The van der Waals surface area contributed by atoms with Crippen molar-refractivity contribution < 1.29 is 17.6 Å². The van der Waals surface area contributed by atoms with Crippen molar-refractivity contribution in [1.29, 1.82) is 0 Å². The van der Waals surface area contributed by atoms with E-state index in [1.54, 1.807) is 6.92 Å². The standard InChI is InChI=1S/C11H18F4/c1-7-6-11(14,15)5-4-9(7)8(2)10(3,12)13/h7-9H,4-6H2,1-3H3. The van der Waals surface area contributed by atoms with E-state index in [-0.39, 0.29) is 31.1 Å². The van der Waals surface area contributed by atoms with Gasteiger partial charge in [-0.1, -0.05) is 13.8 Å². The highest BCUT2D eigenvalue weighted by molar-refractivity contribution is 4.87. The fourth-order valence-electron chi connectivity index (χ4n) is 2.51. The lowest BCUT2D eigenvalue weighted by molar-refractivity contribution is -0.114. The summed E-state index contributed by atoms with van der Waals surface area (Å²) in [5.41, 5.74) is 0. The molecule has 4 heteroatoms. The fourth-order valence-corrected chi connectivity index (χ4v) is 2.51. The minimum Gasteiger partial charge on any atom is -0.207 e. The predicted octanol–water partition coefficient (Wildman–Crippen LogP) is 4.35. The van der Waals surface area contributed by atoms with Crippen molar-refractivity contribution in [2.45, 2.75) is 51.9 Å². The summed E-state index contributed by atoms with van der Waals surface area (Å²) in [5, 5.41) is 0. The molecule has 0 aliphatic heterocycles. The number of rotatable bonds is 2. The highest BCUT2D eigenvalue weighted by Gasteiger charge is 2.45. The van der Waals surface area contributed by atoms with Crippen LogP contribution >= 0.6 is 0 Å². The summed E-state index contributed by atoms with van der Waals surface area (Å²) in [7, 11) is 0. The second kappa shape index (κ2) is 3.95. The van der Waals surface area contributed by atoms with Gasteiger partial charge in [0.2, 0.25) is 11.8 Å². The van der Waals surface area contributed by atoms with E-state index < -0.39 is 17.8 Å². The first kappa shape index (κ1) is 12.8. The molecular formula is C11H18F4. The van der Waals surface area contributed by atoms with Crippen LogP contribution < -0.4 is 0 Å². The Bertz CT molecular complexity index is 219. The highest BCUT2D eigenvalue weighted by Crippen LogP contribution is 2.46. The fraction of sp³-hybridized carbons (Fsp3) is 1.00. The van der Waals surface area contributed by atoms with Crippen molar-refractivity contribution in [2.24, 2.45) is 17.8 Å². The molecule has 0 radical (unpaired) electrons. The predicted molar refractivity (Wildman–Crippen MR) is 51.2 cm³/mol. The third kappa shape index (κ3) is 3.08. The van der Waals surface area contributed by atoms with Gasteiger partial charge in [-0.25, -0.2) is 17.6 Å². The average Bonchev–Trinajstić information content (AvgIpc) is 1.99. The monoisotopic (exact) mass is 226 g/mol. The van der Waals surface area contributed by atoms with E-state index >= 15 is 0 Å². The highest BCUT2D eigenvalue weighted by atomic mass is 19.3. The van der Waals surface area contributed by atoms with Crippen molar-refractivity contribution in [1.82, 2.24) is 0 Å². The molecule has 0 saturated heterocycles. The normalized spacial score (nSPS) is 33.8. The lowest BCUT2D eigenvalue weighted by Crippen LogP contribution is -2.39. The average molecular weight is 226 g/mol. The molecule has 0 aromatic heterocycles. The SMILES string of the molecule is CC1CC(F)(F)CCC1C(C)C(C)(F)F. The van der Waals surface area contributed by atoms with Crippen molar-refractivity contribution in [3.05, 3.63) is 0 Å². The van der Waals surface area contributed by atoms with Crippen LogP contribution in [0.5, 0.6) is 0 Å². The summed E-state index contributed by atoms with van der Waals surface area (Å²) in [6.45, 7) is 3.99. The van der Waals surface area contributed by atoms with Crippen LogP contribution in [0, 0.1) is 17.8 Å². The van der Waals surface area contributed by atoms with Crippen molar-refractivity contribution in [2.75, 3.05) is 0 Å². The second-order valence-electron chi connectivity index (χ2n) is 4.98. The molecule has 1 aliphatic carbocycles. The number of halogens is 4. The zero-order valence-electron chi connectivity index (χ0n) is 9.37. The van der Waals surface area contributed by atoms with Gasteiger partial charge in [-0.2, -0.15) is 0 Å². The molecule has 1 rings (SSSR count). The van der Waals surface area contributed by atoms with Gasteiger partial charge in [0.1, 0.15) is 0 Å². The van der Waals surface area contributed by atoms with Crippen LogP contribution in [-0.2, 0) is 0 Å². The maximum Gasteiger partial charge on any atom is 0.248 e. The van der Waals surface area contributed by atoms with Gasteiger partial charge in [0.25, 0.3) is 0 Å². The van der Waals surface area contributed by atoms with Crippen molar-refractivity contribution >= 4 is 0 Å². The van der Waals surface area contributed by atoms with Crippen molar-refractivity contribution in [3.63, 3.8) is 0 Å². The van der Waals surface area contributed by atoms with Crippen molar-refractivity contribution in [3.8, 4) is 0 Å². The van der Waals surface area contributed by atoms with Crippen LogP contribution in [0.3, 0.4) is 0 Å². The van der Waals surface area contributed by atoms with Crippen LogP contribution in [-0.4, -0.2) is 11.8 Å². The summed E-state index contributed by atoms with van der Waals surface area (Å²) in [4.78, 5) is 0. The lowest BCUT2D eigenvalue weighted by atomic mass is 9.71. The Hall–Kier alpha value is -0.280. The number of hydrogen-bond acceptors (Lipinski definition) is 0. The Morgan fingerprint density at radius 1 is 1.33 bits per heavy atom. The van der Waals surface area contributed by atoms with Gasteiger partial charge in [-0.15, -0.1) is 0 Å². The maximum atomic E-state index is 13.1. The van der Waals surface area contributed by atoms with Gasteiger partial charge in [0.05, 0.1) is 0 Å². The van der Waals surface area contributed by atoms with E-state index in [1.807, 2.05) is 0 Å². The Kier molecular flexibility index (Phi) is 3.36. The maximum absolute atomic E-state index is 13.1. The third-order valence-electron chi connectivity index (χ3n) is 3.64. The number of alkyl halides is 4. The van der Waals surface area contributed by atoms with Crippen LogP contribution in [0.25, 0.3) is 0 Å². The largest absolute Gasteiger partial charge is 0.248 e. The molecule has 3 unspecified atom stereocenters. The molecule has 3 atom stereocenters. The zero-order chi connectivity index (χ0) is 11.9. The van der Waals surface area contributed by atoms with E-state index in [9.17, 15) is 17.6 Å². The number of hydrogen-bond donors (Lipinski definition) is 0. The van der Waals surface area contributed by atoms with E-state index in [0.29, 0.717) is 0 Å². The minimum atomic E-state index is -2.77. The Morgan fingerprint density at radius 3 is 2.27 bits per heavy atom. The quantitative estimate of drug-likeness (QED) is 0.614. The van der Waals surface area contributed by atoms with Gasteiger partial charge in [-0.05, 0) is 25.2 Å². The molecule has 0 nitrogen and oxygen atoms in total. The summed E-state index contributed by atoms with van der Waals surface area (Å²) in [5.74, 6) is -6.85. The van der Waals surface area contributed by atoms with Crippen LogP contribution in [0.4, 0.5) is 17.6 Å². The molecule has 0 bridgehead atoms. The van der Waals surface area contributed by atoms with E-state index in [4.69, 9.17) is 0 Å². The molecular weight excluding hydrogens is 208 g/mol. The second-order valence-corrected chi connectivity index (χ2v) is 4.98. The topological polar surface area (TPSA) is 0 Å². The molecule has 0 aromatic rings. The molecule has 0 aromatic carbocycles. The van der Waals surface area contributed by atoms with E-state index in [1.165, 1.54) is 6.92 Å². The van der Waals surface area contributed by atoms with Gasteiger partial charge in [0.15, 0.2) is 0 Å². The van der Waals surface area contributed by atoms with Crippen LogP contribution in [0.1, 0.15) is 40.0 Å². The molecule has 90 valence electrons. The van der Waals surface area contributed by atoms with Gasteiger partial charge in [0, 0.05) is 18.8 Å². The molecule has 0 amide bonds. The Labute approximate surface area is 88.0 Å². The lowest BCUT2D eigenvalue weighted by Gasteiger charge is -2.39. The van der Waals surface area contributed by atoms with E-state index in [0.717, 1.165) is 6.92 Å². The zero-order valence-corrected chi connectivity index (χ0v) is 9.37. The Balaban J connectivity index is 2.66. The summed E-state index contributed by atoms with van der Waals surface area (Å²) >= 11 is 0. The molecule has 1 fully saturated rings. The third-order valence-corrected chi connectivity index (χ3v) is 3.64. The minimum absolute atomic E-state index is 0.207. The molecule has 15 heavy (non-hydrogen) atoms. The first-order valence-electron chi connectivity index (χ1n) is 5.39. The van der Waals surface area contributed by atoms with Gasteiger partial charge >= 0.3 is 0 Å². The summed E-state index contributed by atoms with van der Waals surface area (Å²) in [6, 6.07) is 0. The Morgan fingerprint density at radius 2 is 1.87 bits per heavy atom. The first-order chi connectivity index (χ1) is 6.63. The van der Waals surface area contributed by atoms with Gasteiger partial charge in [-0.3, -0.25) is 0 Å². The molecule has 0 N–H and O–H groups in total. The summed E-state index contributed by atoms with van der Waals surface area (Å²) < 4.78 is 52.2. The molecule has 0 spiro atoms. The molecule has 1 aliphatic rings. The first-order valence-corrected chi connectivity index (χ1v) is 5.39. The van der Waals surface area contributed by atoms with Crippen LogP contribution in [0.15, 0.2) is 0 Å². The van der Waals surface area contributed by atoms with Crippen LogP contribution in [0.2, 0.25) is 0 Å². The smallest absolute Gasteiger partial charge is 0.207 e. The molecule has 0 heterocycles. The molecule has 1 saturated carbocycles. The summed E-state index contributed by atoms with van der Waals surface area (Å²) in [6.07, 6.45) is -0.292. The van der Waals surface area contributed by atoms with Gasteiger partial charge < -0.3 is 0 Å². The van der Waals surface area contributed by atoms with E-state index in [2.05, 4.69) is 0 Å².